The lowest BCUT2D eigenvalue weighted by molar-refractivity contribution is -0.131. The van der Waals surface area contributed by atoms with Gasteiger partial charge in [0.2, 0.25) is 11.8 Å². The van der Waals surface area contributed by atoms with E-state index in [2.05, 4.69) is 5.32 Å². The molecule has 3 unspecified atom stereocenters. The van der Waals surface area contributed by atoms with E-state index in [4.69, 9.17) is 5.73 Å². The number of nitrogens with two attached hydrogens (primary N) is 1. The van der Waals surface area contributed by atoms with Gasteiger partial charge in [-0.25, -0.2) is 0 Å². The molecular formula is C18H28ClN3O2. The lowest BCUT2D eigenvalue weighted by Gasteiger charge is -2.20. The Labute approximate surface area is 150 Å². The summed E-state index contributed by atoms with van der Waals surface area (Å²) in [6.07, 6.45) is 2.09. The number of amides is 2. The van der Waals surface area contributed by atoms with Crippen LogP contribution in [0.25, 0.3) is 0 Å². The number of halogens is 1. The molecule has 2 amide bonds. The van der Waals surface area contributed by atoms with Crippen LogP contribution in [-0.4, -0.2) is 41.9 Å². The van der Waals surface area contributed by atoms with Crippen molar-refractivity contribution in [1.29, 1.82) is 0 Å². The normalized spacial score (nSPS) is 19.3. The monoisotopic (exact) mass is 353 g/mol. The van der Waals surface area contributed by atoms with Crippen LogP contribution in [0.2, 0.25) is 0 Å². The third-order valence-electron chi connectivity index (χ3n) is 4.56. The molecule has 0 radical (unpaired) electrons. The molecule has 2 rings (SSSR count). The first-order valence-corrected chi connectivity index (χ1v) is 8.35. The van der Waals surface area contributed by atoms with E-state index in [0.717, 1.165) is 12.8 Å². The molecule has 0 bridgehead atoms. The molecule has 3 N–H and O–H groups in total. The van der Waals surface area contributed by atoms with Gasteiger partial charge in [0.1, 0.15) is 0 Å². The minimum Gasteiger partial charge on any atom is -0.351 e. The minimum absolute atomic E-state index is 0. The van der Waals surface area contributed by atoms with Crippen molar-refractivity contribution in [1.82, 2.24) is 10.2 Å². The predicted molar refractivity (Wildman–Crippen MR) is 98.0 cm³/mol. The first-order chi connectivity index (χ1) is 11.0. The average Bonchev–Trinajstić information content (AvgIpc) is 3.01. The SMILES string of the molecule is CC(N)C(C)C(=O)NC1CCN(C(=O)CCc2ccccc2)C1.Cl. The van der Waals surface area contributed by atoms with E-state index in [1.807, 2.05) is 49.1 Å². The summed E-state index contributed by atoms with van der Waals surface area (Å²) in [6, 6.07) is 9.90. The lowest BCUT2D eigenvalue weighted by atomic mass is 10.0. The topological polar surface area (TPSA) is 75.4 Å². The Kier molecular flexibility index (Phi) is 8.22. The Morgan fingerprint density at radius 2 is 1.96 bits per heavy atom. The van der Waals surface area contributed by atoms with Gasteiger partial charge in [-0.05, 0) is 25.3 Å². The predicted octanol–water partition coefficient (Wildman–Crippen LogP) is 1.74. The van der Waals surface area contributed by atoms with Crippen molar-refractivity contribution in [2.75, 3.05) is 13.1 Å². The van der Waals surface area contributed by atoms with Gasteiger partial charge in [-0.3, -0.25) is 9.59 Å². The van der Waals surface area contributed by atoms with Crippen LogP contribution in [0.1, 0.15) is 32.3 Å². The Morgan fingerprint density at radius 3 is 2.58 bits per heavy atom. The Morgan fingerprint density at radius 1 is 1.29 bits per heavy atom. The van der Waals surface area contributed by atoms with Crippen LogP contribution >= 0.6 is 12.4 Å². The molecule has 1 fully saturated rings. The largest absolute Gasteiger partial charge is 0.351 e. The highest BCUT2D eigenvalue weighted by Crippen LogP contribution is 2.13. The zero-order chi connectivity index (χ0) is 16.8. The fourth-order valence-corrected chi connectivity index (χ4v) is 2.73. The Bertz CT molecular complexity index is 536. The molecule has 0 aromatic heterocycles. The second kappa shape index (κ2) is 9.64. The smallest absolute Gasteiger partial charge is 0.224 e. The van der Waals surface area contributed by atoms with E-state index in [-0.39, 0.29) is 42.2 Å². The van der Waals surface area contributed by atoms with Crippen molar-refractivity contribution in [2.24, 2.45) is 11.7 Å². The standard InChI is InChI=1S/C18H27N3O2.ClH/c1-13(14(2)19)18(23)20-16-10-11-21(12-16)17(22)9-8-15-6-4-3-5-7-15;/h3-7,13-14,16H,8-12,19H2,1-2H3,(H,20,23);1H. The molecule has 1 aliphatic rings. The van der Waals surface area contributed by atoms with Crippen molar-refractivity contribution in [3.05, 3.63) is 35.9 Å². The van der Waals surface area contributed by atoms with Crippen LogP contribution in [0.15, 0.2) is 30.3 Å². The number of nitrogens with one attached hydrogen (secondary N) is 1. The summed E-state index contributed by atoms with van der Waals surface area (Å²) in [4.78, 5) is 26.2. The van der Waals surface area contributed by atoms with Gasteiger partial charge in [0, 0.05) is 37.5 Å². The molecule has 1 aromatic rings. The van der Waals surface area contributed by atoms with Gasteiger partial charge in [-0.1, -0.05) is 37.3 Å². The molecule has 5 nitrogen and oxygen atoms in total. The summed E-state index contributed by atoms with van der Waals surface area (Å²) in [5.41, 5.74) is 6.93. The van der Waals surface area contributed by atoms with Crippen molar-refractivity contribution >= 4 is 24.2 Å². The highest BCUT2D eigenvalue weighted by Gasteiger charge is 2.28. The fourth-order valence-electron chi connectivity index (χ4n) is 2.73. The Balaban J connectivity index is 0.00000288. The maximum Gasteiger partial charge on any atom is 0.224 e. The van der Waals surface area contributed by atoms with Crippen LogP contribution in [0.3, 0.4) is 0 Å². The molecule has 1 saturated heterocycles. The first-order valence-electron chi connectivity index (χ1n) is 8.35. The maximum atomic E-state index is 12.3. The number of likely N-dealkylation sites (tertiary alicyclic amines) is 1. The third kappa shape index (κ3) is 5.80. The van der Waals surface area contributed by atoms with Crippen LogP contribution < -0.4 is 11.1 Å². The number of carbonyl (C=O) groups excluding carboxylic acids is 2. The zero-order valence-electron chi connectivity index (χ0n) is 14.4. The molecule has 24 heavy (non-hydrogen) atoms. The van der Waals surface area contributed by atoms with Crippen LogP contribution in [0.5, 0.6) is 0 Å². The average molecular weight is 354 g/mol. The van der Waals surface area contributed by atoms with E-state index < -0.39 is 0 Å². The third-order valence-corrected chi connectivity index (χ3v) is 4.56. The summed E-state index contributed by atoms with van der Waals surface area (Å²) in [5, 5.41) is 3.01. The van der Waals surface area contributed by atoms with Gasteiger partial charge in [0.15, 0.2) is 0 Å². The van der Waals surface area contributed by atoms with Gasteiger partial charge in [-0.15, -0.1) is 12.4 Å². The first kappa shape index (κ1) is 20.5. The molecule has 3 atom stereocenters. The van der Waals surface area contributed by atoms with E-state index in [9.17, 15) is 9.59 Å². The molecule has 1 aromatic carbocycles. The highest BCUT2D eigenvalue weighted by atomic mass is 35.5. The molecule has 0 aliphatic carbocycles. The number of hydrogen-bond donors (Lipinski definition) is 2. The van der Waals surface area contributed by atoms with Crippen molar-refractivity contribution in [3.8, 4) is 0 Å². The van der Waals surface area contributed by atoms with E-state index in [0.29, 0.717) is 19.5 Å². The van der Waals surface area contributed by atoms with Gasteiger partial charge >= 0.3 is 0 Å². The number of rotatable bonds is 6. The molecule has 1 aliphatic heterocycles. The Hall–Kier alpha value is -1.59. The summed E-state index contributed by atoms with van der Waals surface area (Å²) in [5.74, 6) is -0.0766. The van der Waals surface area contributed by atoms with E-state index in [1.54, 1.807) is 0 Å². The molecular weight excluding hydrogens is 326 g/mol. The maximum absolute atomic E-state index is 12.3. The molecule has 0 saturated carbocycles. The van der Waals surface area contributed by atoms with E-state index in [1.165, 1.54) is 5.56 Å². The fraction of sp³-hybridized carbons (Fsp3) is 0.556. The number of nitrogens with zero attached hydrogens (tertiary/aromatic N) is 1. The molecule has 6 heteroatoms. The van der Waals surface area contributed by atoms with Gasteiger partial charge in [0.05, 0.1) is 0 Å². The summed E-state index contributed by atoms with van der Waals surface area (Å²) in [6.45, 7) is 4.98. The van der Waals surface area contributed by atoms with Crippen molar-refractivity contribution in [3.63, 3.8) is 0 Å². The summed E-state index contributed by atoms with van der Waals surface area (Å²) < 4.78 is 0. The van der Waals surface area contributed by atoms with Gasteiger partial charge < -0.3 is 16.0 Å². The van der Waals surface area contributed by atoms with E-state index >= 15 is 0 Å². The number of benzene rings is 1. The van der Waals surface area contributed by atoms with Crippen molar-refractivity contribution < 1.29 is 9.59 Å². The zero-order valence-corrected chi connectivity index (χ0v) is 15.2. The van der Waals surface area contributed by atoms with Crippen LogP contribution in [0, 0.1) is 5.92 Å². The summed E-state index contributed by atoms with van der Waals surface area (Å²) in [7, 11) is 0. The second-order valence-electron chi connectivity index (χ2n) is 6.47. The van der Waals surface area contributed by atoms with Gasteiger partial charge in [-0.2, -0.15) is 0 Å². The lowest BCUT2D eigenvalue weighted by Crippen LogP contribution is -2.44. The van der Waals surface area contributed by atoms with Crippen LogP contribution in [-0.2, 0) is 16.0 Å². The quantitative estimate of drug-likeness (QED) is 0.818. The molecule has 134 valence electrons. The molecule has 0 spiro atoms. The highest BCUT2D eigenvalue weighted by molar-refractivity contribution is 5.85. The minimum atomic E-state index is -0.210. The number of carbonyl (C=O) groups is 2. The van der Waals surface area contributed by atoms with Crippen molar-refractivity contribution in [2.45, 2.75) is 45.2 Å². The second-order valence-corrected chi connectivity index (χ2v) is 6.47. The van der Waals surface area contributed by atoms with Gasteiger partial charge in [0.25, 0.3) is 0 Å². The number of hydrogen-bond acceptors (Lipinski definition) is 3. The summed E-state index contributed by atoms with van der Waals surface area (Å²) >= 11 is 0. The molecule has 1 heterocycles. The number of aryl methyl sites for hydroxylation is 1. The van der Waals surface area contributed by atoms with Crippen LogP contribution in [0.4, 0.5) is 0 Å².